The molecule has 2 heterocycles. The summed E-state index contributed by atoms with van der Waals surface area (Å²) in [6.45, 7) is 7.01. The SMILES string of the molecule is Cc1c(C(=O)NCCOCC2CC2)ccc2nn(CC3CNC3)cc12. The first-order valence-electron chi connectivity index (χ1n) is 9.24. The van der Waals surface area contributed by atoms with Gasteiger partial charge in [0.25, 0.3) is 5.91 Å². The Morgan fingerprint density at radius 2 is 2.20 bits per heavy atom. The van der Waals surface area contributed by atoms with Crippen LogP contribution in [0.1, 0.15) is 28.8 Å². The lowest BCUT2D eigenvalue weighted by Crippen LogP contribution is -2.44. The van der Waals surface area contributed by atoms with Gasteiger partial charge < -0.3 is 15.4 Å². The maximum atomic E-state index is 12.5. The minimum absolute atomic E-state index is 0.0367. The molecule has 1 saturated heterocycles. The van der Waals surface area contributed by atoms with Crippen molar-refractivity contribution in [2.45, 2.75) is 26.3 Å². The molecule has 1 aliphatic heterocycles. The molecule has 1 saturated carbocycles. The molecule has 2 aromatic rings. The summed E-state index contributed by atoms with van der Waals surface area (Å²) in [4.78, 5) is 12.5. The van der Waals surface area contributed by atoms with E-state index in [4.69, 9.17) is 4.74 Å². The smallest absolute Gasteiger partial charge is 0.251 e. The first kappa shape index (κ1) is 16.5. The Morgan fingerprint density at radius 1 is 1.36 bits per heavy atom. The predicted octanol–water partition coefficient (Wildman–Crippen LogP) is 1.72. The summed E-state index contributed by atoms with van der Waals surface area (Å²) in [6.07, 6.45) is 4.64. The van der Waals surface area contributed by atoms with E-state index in [0.29, 0.717) is 19.1 Å². The van der Waals surface area contributed by atoms with Crippen LogP contribution >= 0.6 is 0 Å². The summed E-state index contributed by atoms with van der Waals surface area (Å²) in [7, 11) is 0. The van der Waals surface area contributed by atoms with Gasteiger partial charge in [0.1, 0.15) is 0 Å². The number of aromatic nitrogens is 2. The lowest BCUT2D eigenvalue weighted by molar-refractivity contribution is 0.0906. The molecule has 0 radical (unpaired) electrons. The Bertz CT molecular complexity index is 762. The molecule has 1 amide bonds. The Hall–Kier alpha value is -1.92. The van der Waals surface area contributed by atoms with Crippen molar-refractivity contribution >= 4 is 16.8 Å². The molecule has 134 valence electrons. The van der Waals surface area contributed by atoms with Crippen LogP contribution in [-0.2, 0) is 11.3 Å². The van der Waals surface area contributed by atoms with E-state index >= 15 is 0 Å². The van der Waals surface area contributed by atoms with E-state index in [-0.39, 0.29) is 5.91 Å². The Kier molecular flexibility index (Phi) is 4.72. The van der Waals surface area contributed by atoms with E-state index in [2.05, 4.69) is 21.9 Å². The van der Waals surface area contributed by atoms with Crippen molar-refractivity contribution in [3.63, 3.8) is 0 Å². The number of rotatable bonds is 8. The van der Waals surface area contributed by atoms with Gasteiger partial charge in [-0.3, -0.25) is 9.48 Å². The van der Waals surface area contributed by atoms with Crippen molar-refractivity contribution < 1.29 is 9.53 Å². The number of benzene rings is 1. The van der Waals surface area contributed by atoms with Gasteiger partial charge in [-0.1, -0.05) is 0 Å². The Morgan fingerprint density at radius 3 is 2.92 bits per heavy atom. The number of nitrogens with zero attached hydrogens (tertiary/aromatic N) is 2. The highest BCUT2D eigenvalue weighted by molar-refractivity contribution is 6.00. The van der Waals surface area contributed by atoms with Gasteiger partial charge in [0.2, 0.25) is 0 Å². The number of hydrogen-bond acceptors (Lipinski definition) is 4. The summed E-state index contributed by atoms with van der Waals surface area (Å²) in [5, 5.41) is 11.9. The van der Waals surface area contributed by atoms with Crippen LogP contribution in [0.4, 0.5) is 0 Å². The summed E-state index contributed by atoms with van der Waals surface area (Å²) < 4.78 is 7.58. The molecule has 25 heavy (non-hydrogen) atoms. The third-order valence-corrected chi connectivity index (χ3v) is 5.14. The first-order valence-corrected chi connectivity index (χ1v) is 9.24. The van der Waals surface area contributed by atoms with Gasteiger partial charge in [-0.05, 0) is 43.4 Å². The average Bonchev–Trinajstić information content (AvgIpc) is 3.28. The zero-order valence-corrected chi connectivity index (χ0v) is 14.8. The Labute approximate surface area is 147 Å². The van der Waals surface area contributed by atoms with Gasteiger partial charge in [0.15, 0.2) is 0 Å². The number of amides is 1. The lowest BCUT2D eigenvalue weighted by Gasteiger charge is -2.26. The number of ether oxygens (including phenoxy) is 1. The fourth-order valence-electron chi connectivity index (χ4n) is 3.23. The summed E-state index contributed by atoms with van der Waals surface area (Å²) in [5.74, 6) is 1.38. The lowest BCUT2D eigenvalue weighted by atomic mass is 10.0. The van der Waals surface area contributed by atoms with Gasteiger partial charge in [-0.25, -0.2) is 0 Å². The zero-order chi connectivity index (χ0) is 17.2. The molecule has 0 unspecified atom stereocenters. The molecule has 6 heteroatoms. The zero-order valence-electron chi connectivity index (χ0n) is 14.8. The molecule has 2 N–H and O–H groups in total. The molecule has 0 bridgehead atoms. The predicted molar refractivity (Wildman–Crippen MR) is 96.7 cm³/mol. The minimum atomic E-state index is -0.0367. The molecular weight excluding hydrogens is 316 g/mol. The minimum Gasteiger partial charge on any atom is -0.379 e. The van der Waals surface area contributed by atoms with Crippen molar-refractivity contribution in [1.29, 1.82) is 0 Å². The van der Waals surface area contributed by atoms with E-state index in [1.807, 2.05) is 23.7 Å². The third-order valence-electron chi connectivity index (χ3n) is 5.14. The third kappa shape index (κ3) is 3.85. The van der Waals surface area contributed by atoms with Gasteiger partial charge in [-0.2, -0.15) is 5.10 Å². The molecule has 2 aliphatic rings. The van der Waals surface area contributed by atoms with Crippen molar-refractivity contribution in [3.05, 3.63) is 29.5 Å². The molecule has 1 aliphatic carbocycles. The molecule has 1 aromatic carbocycles. The second-order valence-corrected chi connectivity index (χ2v) is 7.32. The molecule has 0 spiro atoms. The van der Waals surface area contributed by atoms with E-state index in [0.717, 1.165) is 54.2 Å². The molecule has 4 rings (SSSR count). The van der Waals surface area contributed by atoms with E-state index < -0.39 is 0 Å². The average molecular weight is 342 g/mol. The largest absolute Gasteiger partial charge is 0.379 e. The van der Waals surface area contributed by atoms with Gasteiger partial charge in [0.05, 0.1) is 12.1 Å². The van der Waals surface area contributed by atoms with E-state index in [1.165, 1.54) is 12.8 Å². The fraction of sp³-hybridized carbons (Fsp3) is 0.579. The van der Waals surface area contributed by atoms with Gasteiger partial charge >= 0.3 is 0 Å². The van der Waals surface area contributed by atoms with Crippen molar-refractivity contribution in [2.75, 3.05) is 32.8 Å². The second kappa shape index (κ2) is 7.14. The highest BCUT2D eigenvalue weighted by Crippen LogP contribution is 2.28. The van der Waals surface area contributed by atoms with Gasteiger partial charge in [0, 0.05) is 55.9 Å². The Balaban J connectivity index is 1.37. The standard InChI is InChI=1S/C19H26N4O2/c1-13-16(19(24)21-6-7-25-12-14-2-3-14)4-5-18-17(13)11-23(22-18)10-15-8-20-9-15/h4-5,11,14-15,20H,2-3,6-10,12H2,1H3,(H,21,24). The second-order valence-electron chi connectivity index (χ2n) is 7.32. The summed E-state index contributed by atoms with van der Waals surface area (Å²) in [5.41, 5.74) is 2.67. The van der Waals surface area contributed by atoms with Crippen molar-refractivity contribution in [2.24, 2.45) is 11.8 Å². The number of carbonyl (C=O) groups is 1. The number of aryl methyl sites for hydroxylation is 1. The number of carbonyl (C=O) groups excluding carboxylic acids is 1. The van der Waals surface area contributed by atoms with Crippen molar-refractivity contribution in [3.8, 4) is 0 Å². The van der Waals surface area contributed by atoms with Crippen LogP contribution in [0.2, 0.25) is 0 Å². The monoisotopic (exact) mass is 342 g/mol. The molecule has 1 aromatic heterocycles. The van der Waals surface area contributed by atoms with Crippen molar-refractivity contribution in [1.82, 2.24) is 20.4 Å². The van der Waals surface area contributed by atoms with E-state index in [9.17, 15) is 4.79 Å². The van der Waals surface area contributed by atoms with Crippen LogP contribution in [-0.4, -0.2) is 48.5 Å². The highest BCUT2D eigenvalue weighted by Gasteiger charge is 2.21. The van der Waals surface area contributed by atoms with Crippen LogP contribution in [0.15, 0.2) is 18.3 Å². The molecular formula is C19H26N4O2. The van der Waals surface area contributed by atoms with Gasteiger partial charge in [-0.15, -0.1) is 0 Å². The highest BCUT2D eigenvalue weighted by atomic mass is 16.5. The number of nitrogens with one attached hydrogen (secondary N) is 2. The number of hydrogen-bond donors (Lipinski definition) is 2. The summed E-state index contributed by atoms with van der Waals surface area (Å²) >= 11 is 0. The van der Waals surface area contributed by atoms with Crippen LogP contribution < -0.4 is 10.6 Å². The molecule has 6 nitrogen and oxygen atoms in total. The quantitative estimate of drug-likeness (QED) is 0.717. The van der Waals surface area contributed by atoms with Crippen LogP contribution in [0.3, 0.4) is 0 Å². The van der Waals surface area contributed by atoms with Crippen LogP contribution in [0, 0.1) is 18.8 Å². The van der Waals surface area contributed by atoms with Crippen LogP contribution in [0.25, 0.3) is 10.9 Å². The maximum absolute atomic E-state index is 12.5. The topological polar surface area (TPSA) is 68.2 Å². The maximum Gasteiger partial charge on any atom is 0.251 e. The van der Waals surface area contributed by atoms with E-state index in [1.54, 1.807) is 0 Å². The van der Waals surface area contributed by atoms with Crippen LogP contribution in [0.5, 0.6) is 0 Å². The molecule has 0 atom stereocenters. The fourth-order valence-corrected chi connectivity index (χ4v) is 3.23. The normalized spacial score (nSPS) is 17.6. The number of fused-ring (bicyclic) bond motifs is 1. The molecule has 2 fully saturated rings. The summed E-state index contributed by atoms with van der Waals surface area (Å²) in [6, 6.07) is 3.82. The first-order chi connectivity index (χ1) is 12.2.